The lowest BCUT2D eigenvalue weighted by atomic mass is 9.36. The van der Waals surface area contributed by atoms with Crippen LogP contribution in [0.5, 0.6) is 0 Å². The standard InChI is InChI=1S/C94H88BN3S/c1-90(2,3)62-42-37-59(38-43-62)70-35-26-36-71(60-39-44-63(45-40-60)91(4,5)6)87(70)98-84-58-69(96(67-27-18-16-19-28-67)68-29-20-17-21-30-68)57-83-86(84)95(89-88(98)79-55-65(93(10,11)12)48-52-85(79)99-89)80-56-66(94(13,14)15)47-51-82(80)97(83)81-50-46-64(92(7,8)9)54-77(81)61-41-49-76-74-33-23-22-31-72(74)73-32-24-25-34-75(73)78(76)53-61/h16-58H,1-15H3. The topological polar surface area (TPSA) is 9.72 Å². The molecule has 0 saturated carbocycles. The molecule has 1 aromatic heterocycles. The van der Waals surface area contributed by atoms with Gasteiger partial charge < -0.3 is 14.7 Å². The van der Waals surface area contributed by atoms with E-state index in [1.807, 2.05) is 11.3 Å². The van der Waals surface area contributed by atoms with E-state index in [-0.39, 0.29) is 33.8 Å². The number of hydrogen-bond acceptors (Lipinski definition) is 4. The second-order valence-electron chi connectivity index (χ2n) is 33.0. The van der Waals surface area contributed by atoms with Crippen molar-refractivity contribution in [2.45, 2.75) is 131 Å². The van der Waals surface area contributed by atoms with Crippen LogP contribution >= 0.6 is 11.3 Å². The molecule has 0 saturated heterocycles. The summed E-state index contributed by atoms with van der Waals surface area (Å²) < 4.78 is 2.62. The van der Waals surface area contributed by atoms with Gasteiger partial charge in [0.25, 0.3) is 6.71 Å². The van der Waals surface area contributed by atoms with E-state index < -0.39 is 0 Å². The first-order valence-electron chi connectivity index (χ1n) is 35.5. The number of benzene rings is 13. The van der Waals surface area contributed by atoms with Gasteiger partial charge in [-0.25, -0.2) is 0 Å². The number of hydrogen-bond donors (Lipinski definition) is 0. The van der Waals surface area contributed by atoms with Crippen LogP contribution in [-0.2, 0) is 27.1 Å². The third kappa shape index (κ3) is 11.0. The van der Waals surface area contributed by atoms with Crippen LogP contribution in [0.2, 0.25) is 0 Å². The summed E-state index contributed by atoms with van der Waals surface area (Å²) in [5.41, 5.74) is 25.9. The van der Waals surface area contributed by atoms with Gasteiger partial charge in [-0.3, -0.25) is 0 Å². The molecule has 14 aromatic rings. The van der Waals surface area contributed by atoms with Crippen molar-refractivity contribution in [1.82, 2.24) is 0 Å². The Balaban J connectivity index is 1.09. The summed E-state index contributed by atoms with van der Waals surface area (Å²) in [6.07, 6.45) is 0. The maximum absolute atomic E-state index is 2.77. The number of anilines is 9. The molecule has 5 heteroatoms. The molecule has 0 aliphatic carbocycles. The molecule has 0 N–H and O–H groups in total. The highest BCUT2D eigenvalue weighted by Gasteiger charge is 2.48. The first kappa shape index (κ1) is 63.8. The zero-order valence-corrected chi connectivity index (χ0v) is 61.0. The molecule has 16 rings (SSSR count). The average molecular weight is 1300 g/mol. The van der Waals surface area contributed by atoms with Crippen molar-refractivity contribution in [3.05, 3.63) is 289 Å². The highest BCUT2D eigenvalue weighted by atomic mass is 32.1. The fourth-order valence-corrected chi connectivity index (χ4v) is 17.0. The van der Waals surface area contributed by atoms with E-state index in [1.54, 1.807) is 0 Å². The monoisotopic (exact) mass is 1300 g/mol. The van der Waals surface area contributed by atoms with Crippen LogP contribution in [0.1, 0.15) is 132 Å². The Morgan fingerprint density at radius 2 is 0.707 bits per heavy atom. The molecule has 0 radical (unpaired) electrons. The van der Waals surface area contributed by atoms with E-state index in [0.29, 0.717) is 0 Å². The molecule has 99 heavy (non-hydrogen) atoms. The van der Waals surface area contributed by atoms with E-state index in [9.17, 15) is 0 Å². The molecular weight excluding hydrogens is 1210 g/mol. The van der Waals surface area contributed by atoms with Gasteiger partial charge in [0.15, 0.2) is 0 Å². The van der Waals surface area contributed by atoms with Gasteiger partial charge >= 0.3 is 0 Å². The van der Waals surface area contributed by atoms with E-state index in [4.69, 9.17) is 0 Å². The van der Waals surface area contributed by atoms with Crippen LogP contribution < -0.4 is 30.4 Å². The van der Waals surface area contributed by atoms with Crippen LogP contribution in [0.3, 0.4) is 0 Å². The molecule has 0 atom stereocenters. The maximum Gasteiger partial charge on any atom is 0.264 e. The highest BCUT2D eigenvalue weighted by molar-refractivity contribution is 7.33. The summed E-state index contributed by atoms with van der Waals surface area (Å²) in [4.78, 5) is 7.95. The molecule has 2 aliphatic rings. The normalized spacial score (nSPS) is 13.3. The second-order valence-corrected chi connectivity index (χ2v) is 34.1. The van der Waals surface area contributed by atoms with Crippen molar-refractivity contribution in [3.8, 4) is 33.4 Å². The van der Waals surface area contributed by atoms with Crippen molar-refractivity contribution in [3.63, 3.8) is 0 Å². The summed E-state index contributed by atoms with van der Waals surface area (Å²) in [5, 5.41) is 8.85. The molecule has 2 aliphatic heterocycles. The first-order valence-corrected chi connectivity index (χ1v) is 36.3. The average Bonchev–Trinajstić information content (AvgIpc) is 1.67. The fraction of sp³-hybridized carbons (Fsp3) is 0.213. The highest BCUT2D eigenvalue weighted by Crippen LogP contribution is 2.56. The second kappa shape index (κ2) is 23.4. The SMILES string of the molecule is CC(C)(C)c1ccc(-c2cccc(-c3ccc(C(C)(C)C)cc3)c2N2c3cc(N(c4ccccc4)c4ccccc4)cc4c3B(c3cc(C(C)(C)C)ccc3N4c3ccc(C(C)(C)C)cc3-c3ccc4c5ccccc5c5ccccc5c4c3)c3sc4ccc(C(C)(C)C)cc4c32)cc1. The van der Waals surface area contributed by atoms with Gasteiger partial charge in [0.2, 0.25) is 0 Å². The molecule has 0 amide bonds. The van der Waals surface area contributed by atoms with Gasteiger partial charge in [-0.1, -0.05) is 292 Å². The van der Waals surface area contributed by atoms with Gasteiger partial charge in [-0.15, -0.1) is 11.3 Å². The molecule has 3 heterocycles. The minimum atomic E-state index is -0.161. The van der Waals surface area contributed by atoms with E-state index in [1.165, 1.54) is 131 Å². The number of nitrogens with zero attached hydrogens (tertiary/aromatic N) is 3. The third-order valence-corrected chi connectivity index (χ3v) is 22.4. The molecule has 0 unspecified atom stereocenters. The summed E-state index contributed by atoms with van der Waals surface area (Å²) in [7, 11) is 0. The quantitative estimate of drug-likeness (QED) is 0.111. The van der Waals surface area contributed by atoms with Gasteiger partial charge in [0.05, 0.1) is 22.7 Å². The van der Waals surface area contributed by atoms with Crippen molar-refractivity contribution in [1.29, 1.82) is 0 Å². The van der Waals surface area contributed by atoms with Crippen molar-refractivity contribution in [2.24, 2.45) is 0 Å². The van der Waals surface area contributed by atoms with E-state index in [0.717, 1.165) is 39.8 Å². The van der Waals surface area contributed by atoms with Crippen LogP contribution in [0.15, 0.2) is 261 Å². The zero-order valence-electron chi connectivity index (χ0n) is 60.2. The molecule has 13 aromatic carbocycles. The molecule has 488 valence electrons. The lowest BCUT2D eigenvalue weighted by molar-refractivity contribution is 0.590. The summed E-state index contributed by atoms with van der Waals surface area (Å²) >= 11 is 1.98. The summed E-state index contributed by atoms with van der Waals surface area (Å²) in [5.74, 6) is 0. The van der Waals surface area contributed by atoms with E-state index in [2.05, 4.69) is 379 Å². The molecule has 3 nitrogen and oxygen atoms in total. The number of thiophene rings is 1. The van der Waals surface area contributed by atoms with Crippen molar-refractivity contribution >= 4 is 127 Å². The van der Waals surface area contributed by atoms with Gasteiger partial charge in [0, 0.05) is 60.0 Å². The molecule has 0 bridgehead atoms. The van der Waals surface area contributed by atoms with E-state index >= 15 is 0 Å². The van der Waals surface area contributed by atoms with Crippen LogP contribution in [0, 0.1) is 0 Å². The lowest BCUT2D eigenvalue weighted by Crippen LogP contribution is -2.60. The van der Waals surface area contributed by atoms with Crippen molar-refractivity contribution in [2.75, 3.05) is 14.7 Å². The number of para-hydroxylation sites is 3. The van der Waals surface area contributed by atoms with Crippen molar-refractivity contribution < 1.29 is 0 Å². The molecule has 0 fully saturated rings. The van der Waals surface area contributed by atoms with Crippen LogP contribution in [-0.4, -0.2) is 6.71 Å². The minimum absolute atomic E-state index is 0.0302. The van der Waals surface area contributed by atoms with Gasteiger partial charge in [0.1, 0.15) is 0 Å². The van der Waals surface area contributed by atoms with Crippen LogP contribution in [0.4, 0.5) is 51.2 Å². The largest absolute Gasteiger partial charge is 0.311 e. The zero-order chi connectivity index (χ0) is 68.8. The predicted molar refractivity (Wildman–Crippen MR) is 433 cm³/mol. The Bertz CT molecular complexity index is 5360. The lowest BCUT2D eigenvalue weighted by Gasteiger charge is -2.45. The Morgan fingerprint density at radius 1 is 0.283 bits per heavy atom. The smallest absolute Gasteiger partial charge is 0.264 e. The Kier molecular flexibility index (Phi) is 15.0. The van der Waals surface area contributed by atoms with Crippen LogP contribution in [0.25, 0.3) is 75.8 Å². The summed E-state index contributed by atoms with van der Waals surface area (Å²) in [6, 6.07) is 101. The van der Waals surface area contributed by atoms with Gasteiger partial charge in [-0.05, 0) is 188 Å². The summed E-state index contributed by atoms with van der Waals surface area (Å²) in [6.45, 7) is 35.0. The minimum Gasteiger partial charge on any atom is -0.311 e. The number of rotatable bonds is 8. The number of fused-ring (bicyclic) bond motifs is 12. The predicted octanol–water partition coefficient (Wildman–Crippen LogP) is 25.4. The third-order valence-electron chi connectivity index (χ3n) is 21.2. The fourth-order valence-electron chi connectivity index (χ4n) is 15.7. The molecular formula is C94H88BN3S. The maximum atomic E-state index is 2.77. The Morgan fingerprint density at radius 3 is 1.22 bits per heavy atom. The molecule has 0 spiro atoms. The Labute approximate surface area is 591 Å². The Hall–Kier alpha value is -9.94. The van der Waals surface area contributed by atoms with Gasteiger partial charge in [-0.2, -0.15) is 0 Å². The first-order chi connectivity index (χ1) is 47.3.